The molecule has 0 unspecified atom stereocenters. The van der Waals surface area contributed by atoms with E-state index in [1.54, 1.807) is 0 Å². The highest BCUT2D eigenvalue weighted by Crippen LogP contribution is 2.21. The van der Waals surface area contributed by atoms with Crippen LogP contribution in [0, 0.1) is 0 Å². The number of nitrogens with one attached hydrogen (secondary N) is 2. The highest BCUT2D eigenvalue weighted by Gasteiger charge is 2.25. The number of carbonyl (C=O) groups excluding carboxylic acids is 1. The fourth-order valence-corrected chi connectivity index (χ4v) is 3.24. The summed E-state index contributed by atoms with van der Waals surface area (Å²) in [5.41, 5.74) is 1.11. The first-order valence-electron chi connectivity index (χ1n) is 8.46. The van der Waals surface area contributed by atoms with Crippen molar-refractivity contribution in [3.8, 4) is 0 Å². The summed E-state index contributed by atoms with van der Waals surface area (Å²) < 4.78 is 0. The second kappa shape index (κ2) is 8.89. The van der Waals surface area contributed by atoms with Crippen LogP contribution in [0.4, 0.5) is 4.79 Å². The Labute approximate surface area is 139 Å². The van der Waals surface area contributed by atoms with E-state index in [0.29, 0.717) is 12.5 Å². The number of hydrogen-bond donors (Lipinski definition) is 3. The van der Waals surface area contributed by atoms with Crippen molar-refractivity contribution in [2.45, 2.75) is 50.2 Å². The van der Waals surface area contributed by atoms with Gasteiger partial charge in [-0.25, -0.2) is 4.79 Å². The van der Waals surface area contributed by atoms with Crippen molar-refractivity contribution in [2.75, 3.05) is 20.7 Å². The average Bonchev–Trinajstić information content (AvgIpc) is 2.55. The summed E-state index contributed by atoms with van der Waals surface area (Å²) in [6, 6.07) is 10.2. The molecule has 2 amide bonds. The molecule has 5 heteroatoms. The number of urea groups is 1. The van der Waals surface area contributed by atoms with Gasteiger partial charge >= 0.3 is 6.03 Å². The SMILES string of the molecule is CN(C)[C@@H]1CCC[C@H](NC(=O)N[C@H](CO)Cc2ccccc2)C1. The maximum atomic E-state index is 12.2. The van der Waals surface area contributed by atoms with Gasteiger partial charge in [0.2, 0.25) is 0 Å². The van der Waals surface area contributed by atoms with Gasteiger partial charge in [-0.15, -0.1) is 0 Å². The van der Waals surface area contributed by atoms with Gasteiger partial charge < -0.3 is 20.6 Å². The number of aliphatic hydroxyl groups excluding tert-OH is 1. The third-order valence-corrected chi connectivity index (χ3v) is 4.59. The van der Waals surface area contributed by atoms with Crippen LogP contribution in [-0.4, -0.2) is 54.9 Å². The molecule has 0 bridgehead atoms. The molecule has 0 aliphatic heterocycles. The summed E-state index contributed by atoms with van der Waals surface area (Å²) in [4.78, 5) is 14.4. The summed E-state index contributed by atoms with van der Waals surface area (Å²) in [5, 5.41) is 15.5. The zero-order valence-corrected chi connectivity index (χ0v) is 14.2. The van der Waals surface area contributed by atoms with Crippen molar-refractivity contribution >= 4 is 6.03 Å². The lowest BCUT2D eigenvalue weighted by molar-refractivity contribution is 0.187. The zero-order chi connectivity index (χ0) is 16.7. The van der Waals surface area contributed by atoms with Gasteiger partial charge in [-0.3, -0.25) is 0 Å². The first-order chi connectivity index (χ1) is 11.1. The predicted molar refractivity (Wildman–Crippen MR) is 92.4 cm³/mol. The number of nitrogens with zero attached hydrogens (tertiary/aromatic N) is 1. The van der Waals surface area contributed by atoms with E-state index < -0.39 is 0 Å². The first kappa shape index (κ1) is 17.8. The molecule has 23 heavy (non-hydrogen) atoms. The van der Waals surface area contributed by atoms with Gasteiger partial charge in [-0.05, 0) is 51.8 Å². The van der Waals surface area contributed by atoms with E-state index in [2.05, 4.69) is 29.6 Å². The number of benzene rings is 1. The Bertz CT molecular complexity index is 478. The fourth-order valence-electron chi connectivity index (χ4n) is 3.24. The van der Waals surface area contributed by atoms with Crippen LogP contribution in [0.2, 0.25) is 0 Å². The van der Waals surface area contributed by atoms with E-state index in [1.165, 1.54) is 6.42 Å². The molecule has 1 saturated carbocycles. The quantitative estimate of drug-likeness (QED) is 0.749. The second-order valence-corrected chi connectivity index (χ2v) is 6.67. The molecule has 1 aliphatic carbocycles. The molecule has 3 N–H and O–H groups in total. The Morgan fingerprint density at radius 1 is 1.30 bits per heavy atom. The number of aliphatic hydroxyl groups is 1. The first-order valence-corrected chi connectivity index (χ1v) is 8.46. The summed E-state index contributed by atoms with van der Waals surface area (Å²) in [6.07, 6.45) is 4.99. The maximum Gasteiger partial charge on any atom is 0.315 e. The minimum Gasteiger partial charge on any atom is -0.394 e. The molecular weight excluding hydrogens is 290 g/mol. The highest BCUT2D eigenvalue weighted by atomic mass is 16.3. The lowest BCUT2D eigenvalue weighted by Crippen LogP contribution is -2.50. The van der Waals surface area contributed by atoms with Crippen molar-refractivity contribution in [3.05, 3.63) is 35.9 Å². The molecule has 1 fully saturated rings. The molecule has 128 valence electrons. The van der Waals surface area contributed by atoms with Gasteiger partial charge in [0.25, 0.3) is 0 Å². The zero-order valence-electron chi connectivity index (χ0n) is 14.2. The molecule has 2 rings (SSSR count). The van der Waals surface area contributed by atoms with E-state index in [1.807, 2.05) is 30.3 Å². The molecule has 1 aromatic carbocycles. The monoisotopic (exact) mass is 319 g/mol. The van der Waals surface area contributed by atoms with Crippen LogP contribution < -0.4 is 10.6 Å². The number of hydrogen-bond acceptors (Lipinski definition) is 3. The van der Waals surface area contributed by atoms with Gasteiger partial charge in [0.05, 0.1) is 12.6 Å². The summed E-state index contributed by atoms with van der Waals surface area (Å²) in [5.74, 6) is 0. The summed E-state index contributed by atoms with van der Waals surface area (Å²) in [6.45, 7) is -0.0622. The topological polar surface area (TPSA) is 64.6 Å². The van der Waals surface area contributed by atoms with Crippen LogP contribution >= 0.6 is 0 Å². The van der Waals surface area contributed by atoms with E-state index >= 15 is 0 Å². The molecule has 1 aliphatic rings. The molecule has 3 atom stereocenters. The van der Waals surface area contributed by atoms with Crippen molar-refractivity contribution in [3.63, 3.8) is 0 Å². The molecular formula is C18H29N3O2. The molecule has 1 aromatic rings. The average molecular weight is 319 g/mol. The normalized spacial score (nSPS) is 22.6. The second-order valence-electron chi connectivity index (χ2n) is 6.67. The van der Waals surface area contributed by atoms with Gasteiger partial charge in [0.15, 0.2) is 0 Å². The lowest BCUT2D eigenvalue weighted by atomic mass is 9.90. The van der Waals surface area contributed by atoms with E-state index in [9.17, 15) is 9.90 Å². The van der Waals surface area contributed by atoms with Crippen LogP contribution in [0.5, 0.6) is 0 Å². The van der Waals surface area contributed by atoms with Gasteiger partial charge in [0, 0.05) is 12.1 Å². The number of carbonyl (C=O) groups is 1. The molecule has 0 radical (unpaired) electrons. The van der Waals surface area contributed by atoms with E-state index in [0.717, 1.165) is 24.8 Å². The molecule has 5 nitrogen and oxygen atoms in total. The Balaban J connectivity index is 1.80. The molecule has 0 spiro atoms. The largest absolute Gasteiger partial charge is 0.394 e. The number of amides is 2. The van der Waals surface area contributed by atoms with Crippen LogP contribution in [0.1, 0.15) is 31.2 Å². The van der Waals surface area contributed by atoms with Crippen molar-refractivity contribution in [1.82, 2.24) is 15.5 Å². The van der Waals surface area contributed by atoms with Crippen LogP contribution in [0.3, 0.4) is 0 Å². The summed E-state index contributed by atoms with van der Waals surface area (Å²) >= 11 is 0. The third-order valence-electron chi connectivity index (χ3n) is 4.59. The van der Waals surface area contributed by atoms with Crippen LogP contribution in [-0.2, 0) is 6.42 Å². The smallest absolute Gasteiger partial charge is 0.315 e. The lowest BCUT2D eigenvalue weighted by Gasteiger charge is -2.34. The van der Waals surface area contributed by atoms with Gasteiger partial charge in [-0.1, -0.05) is 30.3 Å². The molecule has 0 heterocycles. The third kappa shape index (κ3) is 5.84. The predicted octanol–water partition coefficient (Wildman–Crippen LogP) is 1.76. The standard InChI is InChI=1S/C18H29N3O2/c1-21(2)17-10-6-9-15(12-17)19-18(23)20-16(13-22)11-14-7-4-3-5-8-14/h3-5,7-8,15-17,22H,6,9-13H2,1-2H3,(H2,19,20,23)/t15-,16-,17+/m0/s1. The molecule has 0 aromatic heterocycles. The highest BCUT2D eigenvalue weighted by molar-refractivity contribution is 5.74. The van der Waals surface area contributed by atoms with Gasteiger partial charge in [0.1, 0.15) is 0 Å². The Kier molecular flexibility index (Phi) is 6.86. The molecule has 0 saturated heterocycles. The Morgan fingerprint density at radius 2 is 2.04 bits per heavy atom. The van der Waals surface area contributed by atoms with E-state index in [4.69, 9.17) is 0 Å². The van der Waals surface area contributed by atoms with Crippen LogP contribution in [0.15, 0.2) is 30.3 Å². The van der Waals surface area contributed by atoms with E-state index in [-0.39, 0.29) is 24.7 Å². The van der Waals surface area contributed by atoms with Crippen molar-refractivity contribution in [1.29, 1.82) is 0 Å². The minimum atomic E-state index is -0.259. The van der Waals surface area contributed by atoms with Crippen molar-refractivity contribution < 1.29 is 9.90 Å². The Morgan fingerprint density at radius 3 is 2.70 bits per heavy atom. The van der Waals surface area contributed by atoms with Crippen LogP contribution in [0.25, 0.3) is 0 Å². The Hall–Kier alpha value is -1.59. The summed E-state index contributed by atoms with van der Waals surface area (Å²) in [7, 11) is 4.18. The maximum absolute atomic E-state index is 12.2. The van der Waals surface area contributed by atoms with Gasteiger partial charge in [-0.2, -0.15) is 0 Å². The number of rotatable bonds is 6. The fraction of sp³-hybridized carbons (Fsp3) is 0.611. The van der Waals surface area contributed by atoms with Crippen molar-refractivity contribution in [2.24, 2.45) is 0 Å². The minimum absolute atomic E-state index is 0.0622.